The third-order valence-electron chi connectivity index (χ3n) is 4.36. The Balaban J connectivity index is 2.30. The van der Waals surface area contributed by atoms with Gasteiger partial charge in [-0.15, -0.1) is 0 Å². The highest BCUT2D eigenvalue weighted by atomic mass is 19.1. The first-order valence-electron chi connectivity index (χ1n) is 7.46. The van der Waals surface area contributed by atoms with Crippen LogP contribution in [0.1, 0.15) is 55.5 Å². The Hall–Kier alpha value is -1.67. The summed E-state index contributed by atoms with van der Waals surface area (Å²) in [4.78, 5) is 0. The molecule has 0 aliphatic rings. The number of hydrogen-bond acceptors (Lipinski definition) is 1. The average molecular weight is 285 g/mol. The molecule has 1 atom stereocenters. The van der Waals surface area contributed by atoms with Crippen LogP contribution < -0.4 is 5.73 Å². The molecule has 0 fully saturated rings. The molecule has 1 unspecified atom stereocenters. The third kappa shape index (κ3) is 3.51. The first-order chi connectivity index (χ1) is 9.83. The predicted octanol–water partition coefficient (Wildman–Crippen LogP) is 4.87. The topological polar surface area (TPSA) is 26.0 Å². The van der Waals surface area contributed by atoms with Crippen LogP contribution in [0.2, 0.25) is 0 Å². The molecule has 2 aromatic rings. The second-order valence-corrected chi connectivity index (χ2v) is 6.40. The van der Waals surface area contributed by atoms with Crippen LogP contribution in [0.3, 0.4) is 0 Å². The summed E-state index contributed by atoms with van der Waals surface area (Å²) in [5.41, 5.74) is 10.5. The van der Waals surface area contributed by atoms with Crippen molar-refractivity contribution in [3.63, 3.8) is 0 Å². The molecule has 0 saturated carbocycles. The molecule has 2 aromatic carbocycles. The van der Waals surface area contributed by atoms with E-state index >= 15 is 0 Å². The summed E-state index contributed by atoms with van der Waals surface area (Å²) in [6.07, 6.45) is 1.08. The van der Waals surface area contributed by atoms with Gasteiger partial charge in [-0.3, -0.25) is 0 Å². The fraction of sp³-hybridized carbons (Fsp3) is 0.368. The van der Waals surface area contributed by atoms with Gasteiger partial charge in [0.25, 0.3) is 0 Å². The van der Waals surface area contributed by atoms with Crippen molar-refractivity contribution >= 4 is 0 Å². The van der Waals surface area contributed by atoms with Gasteiger partial charge in [0, 0.05) is 0 Å². The maximum atomic E-state index is 13.5. The van der Waals surface area contributed by atoms with E-state index in [1.807, 2.05) is 13.0 Å². The first kappa shape index (κ1) is 15.7. The molecule has 0 amide bonds. The zero-order valence-electron chi connectivity index (χ0n) is 13.3. The van der Waals surface area contributed by atoms with Crippen molar-refractivity contribution in [2.75, 3.05) is 0 Å². The highest BCUT2D eigenvalue weighted by molar-refractivity contribution is 5.36. The molecule has 1 nitrogen and oxygen atoms in total. The van der Waals surface area contributed by atoms with Crippen LogP contribution in [0.15, 0.2) is 42.5 Å². The van der Waals surface area contributed by atoms with Crippen molar-refractivity contribution in [3.05, 3.63) is 70.5 Å². The molecule has 2 heteroatoms. The van der Waals surface area contributed by atoms with Crippen molar-refractivity contribution in [1.29, 1.82) is 0 Å². The lowest BCUT2D eigenvalue weighted by atomic mass is 9.81. The number of halogens is 1. The molecule has 2 rings (SSSR count). The molecular formula is C19H24FN. The van der Waals surface area contributed by atoms with Gasteiger partial charge in [0.1, 0.15) is 5.82 Å². The molecule has 0 aliphatic carbocycles. The number of rotatable bonds is 4. The fourth-order valence-electron chi connectivity index (χ4n) is 2.48. The minimum absolute atomic E-state index is 0.165. The molecule has 0 aromatic heterocycles. The van der Waals surface area contributed by atoms with E-state index in [0.29, 0.717) is 0 Å². The van der Waals surface area contributed by atoms with Crippen molar-refractivity contribution < 1.29 is 4.39 Å². The first-order valence-corrected chi connectivity index (χ1v) is 7.46. The summed E-state index contributed by atoms with van der Waals surface area (Å²) < 4.78 is 13.5. The Kier molecular flexibility index (Phi) is 4.48. The number of hydrogen-bond donors (Lipinski definition) is 1. The molecule has 21 heavy (non-hydrogen) atoms. The standard InChI is InChI=1S/C19H24FN/c1-5-19(3,4)16-8-6-14(7-9-16)18(21)15-10-13(2)11-17(20)12-15/h6-12,18H,5,21H2,1-4H3. The lowest BCUT2D eigenvalue weighted by molar-refractivity contribution is 0.506. The smallest absolute Gasteiger partial charge is 0.123 e. The van der Waals surface area contributed by atoms with Crippen LogP contribution in [0, 0.1) is 12.7 Å². The van der Waals surface area contributed by atoms with Crippen LogP contribution >= 0.6 is 0 Å². The molecule has 0 aliphatic heterocycles. The molecule has 2 N–H and O–H groups in total. The van der Waals surface area contributed by atoms with Crippen molar-refractivity contribution in [3.8, 4) is 0 Å². The average Bonchev–Trinajstić information content (AvgIpc) is 2.45. The maximum Gasteiger partial charge on any atom is 0.123 e. The van der Waals surface area contributed by atoms with Gasteiger partial charge in [0.2, 0.25) is 0 Å². The fourth-order valence-corrected chi connectivity index (χ4v) is 2.48. The van der Waals surface area contributed by atoms with E-state index in [1.54, 1.807) is 0 Å². The summed E-state index contributed by atoms with van der Waals surface area (Å²) in [6.45, 7) is 8.54. The van der Waals surface area contributed by atoms with Crippen molar-refractivity contribution in [2.45, 2.75) is 45.6 Å². The second kappa shape index (κ2) is 5.98. The molecule has 0 heterocycles. The van der Waals surface area contributed by atoms with E-state index in [-0.39, 0.29) is 17.3 Å². The van der Waals surface area contributed by atoms with Gasteiger partial charge >= 0.3 is 0 Å². The molecule has 112 valence electrons. The van der Waals surface area contributed by atoms with Gasteiger partial charge in [0.05, 0.1) is 6.04 Å². The third-order valence-corrected chi connectivity index (χ3v) is 4.36. The van der Waals surface area contributed by atoms with E-state index in [0.717, 1.165) is 23.1 Å². The molecule has 0 bridgehead atoms. The lowest BCUT2D eigenvalue weighted by Gasteiger charge is -2.24. The van der Waals surface area contributed by atoms with Crippen molar-refractivity contribution in [2.24, 2.45) is 5.73 Å². The van der Waals surface area contributed by atoms with E-state index in [9.17, 15) is 4.39 Å². The minimum Gasteiger partial charge on any atom is -0.320 e. The van der Waals surface area contributed by atoms with Gasteiger partial charge < -0.3 is 5.73 Å². The van der Waals surface area contributed by atoms with Crippen LogP contribution in [-0.2, 0) is 5.41 Å². The Morgan fingerprint density at radius 3 is 2.19 bits per heavy atom. The summed E-state index contributed by atoms with van der Waals surface area (Å²) >= 11 is 0. The Morgan fingerprint density at radius 2 is 1.67 bits per heavy atom. The number of nitrogens with two attached hydrogens (primary N) is 1. The highest BCUT2D eigenvalue weighted by Crippen LogP contribution is 2.29. The Morgan fingerprint density at radius 1 is 1.05 bits per heavy atom. The molecular weight excluding hydrogens is 261 g/mol. The SMILES string of the molecule is CCC(C)(C)c1ccc(C(N)c2cc(C)cc(F)c2)cc1. The zero-order valence-corrected chi connectivity index (χ0v) is 13.3. The number of benzene rings is 2. The summed E-state index contributed by atoms with van der Waals surface area (Å²) in [5.74, 6) is -0.232. The highest BCUT2D eigenvalue weighted by Gasteiger charge is 2.18. The quantitative estimate of drug-likeness (QED) is 0.852. The van der Waals surface area contributed by atoms with Crippen LogP contribution in [0.5, 0.6) is 0 Å². The van der Waals surface area contributed by atoms with Crippen LogP contribution in [0.25, 0.3) is 0 Å². The largest absolute Gasteiger partial charge is 0.320 e. The van der Waals surface area contributed by atoms with Gasteiger partial charge in [-0.05, 0) is 53.1 Å². The predicted molar refractivity (Wildman–Crippen MR) is 86.9 cm³/mol. The maximum absolute atomic E-state index is 13.5. The minimum atomic E-state index is -0.293. The van der Waals surface area contributed by atoms with E-state index < -0.39 is 0 Å². The molecule has 0 radical (unpaired) electrons. The van der Waals surface area contributed by atoms with E-state index in [1.165, 1.54) is 17.7 Å². The van der Waals surface area contributed by atoms with Crippen LogP contribution in [0.4, 0.5) is 4.39 Å². The summed E-state index contributed by atoms with van der Waals surface area (Å²) in [6, 6.07) is 13.0. The monoisotopic (exact) mass is 285 g/mol. The summed E-state index contributed by atoms with van der Waals surface area (Å²) in [5, 5.41) is 0. The zero-order chi connectivity index (χ0) is 15.6. The van der Waals surface area contributed by atoms with Gasteiger partial charge in [-0.1, -0.05) is 51.1 Å². The van der Waals surface area contributed by atoms with E-state index in [2.05, 4.69) is 45.0 Å². The van der Waals surface area contributed by atoms with Crippen molar-refractivity contribution in [1.82, 2.24) is 0 Å². The molecule has 0 saturated heterocycles. The van der Waals surface area contributed by atoms with Gasteiger partial charge in [-0.2, -0.15) is 0 Å². The molecule has 0 spiro atoms. The van der Waals surface area contributed by atoms with E-state index in [4.69, 9.17) is 5.73 Å². The summed E-state index contributed by atoms with van der Waals surface area (Å²) in [7, 11) is 0. The normalized spacial score (nSPS) is 13.2. The number of aryl methyl sites for hydroxylation is 1. The Labute approximate surface area is 127 Å². The second-order valence-electron chi connectivity index (χ2n) is 6.40. The van der Waals surface area contributed by atoms with Gasteiger partial charge in [-0.25, -0.2) is 4.39 Å². The Bertz CT molecular complexity index is 594. The van der Waals surface area contributed by atoms with Crippen LogP contribution in [-0.4, -0.2) is 0 Å². The van der Waals surface area contributed by atoms with Gasteiger partial charge in [0.15, 0.2) is 0 Å². The lowest BCUT2D eigenvalue weighted by Crippen LogP contribution is -2.16.